The minimum absolute atomic E-state index is 0.223. The fourth-order valence-corrected chi connectivity index (χ4v) is 2.09. The van der Waals surface area contributed by atoms with Crippen molar-refractivity contribution in [1.82, 2.24) is 0 Å². The predicted octanol–water partition coefficient (Wildman–Crippen LogP) is 3.99. The molecular weight excluding hydrogens is 332 g/mol. The Kier molecular flexibility index (Phi) is 4.34. The lowest BCUT2D eigenvalue weighted by atomic mass is 10.1. The Labute approximate surface area is 122 Å². The highest BCUT2D eigenvalue weighted by atomic mass is 79.9. The van der Waals surface area contributed by atoms with Crippen molar-refractivity contribution < 1.29 is 18.3 Å². The molecule has 3 nitrogen and oxygen atoms in total. The van der Waals surface area contributed by atoms with Gasteiger partial charge in [-0.25, -0.2) is 8.78 Å². The normalized spacial score (nSPS) is 10.2. The van der Waals surface area contributed by atoms with E-state index in [0.717, 1.165) is 12.1 Å². The highest BCUT2D eigenvalue weighted by Gasteiger charge is 2.19. The first-order valence-corrected chi connectivity index (χ1v) is 6.41. The van der Waals surface area contributed by atoms with Gasteiger partial charge in [-0.1, -0.05) is 28.1 Å². The number of methoxy groups -OCH3 is 1. The standard InChI is InChI=1S/C14H10BrF2NO2/c1-20-12-5-3-2-4-11(12)18-14(19)13-9(16)6-8(15)7-10(13)17/h2-7H,1H3,(H,18,19). The summed E-state index contributed by atoms with van der Waals surface area (Å²) in [6.07, 6.45) is 0. The van der Waals surface area contributed by atoms with E-state index in [9.17, 15) is 13.6 Å². The van der Waals surface area contributed by atoms with Crippen LogP contribution in [0.2, 0.25) is 0 Å². The summed E-state index contributed by atoms with van der Waals surface area (Å²) in [6, 6.07) is 8.65. The van der Waals surface area contributed by atoms with Crippen molar-refractivity contribution in [3.05, 3.63) is 58.1 Å². The van der Waals surface area contributed by atoms with Crippen molar-refractivity contribution in [2.45, 2.75) is 0 Å². The average Bonchev–Trinajstić information content (AvgIpc) is 2.38. The summed E-state index contributed by atoms with van der Waals surface area (Å²) in [5.41, 5.74) is -0.305. The number of carbonyl (C=O) groups excluding carboxylic acids is 1. The molecule has 2 rings (SSSR count). The molecule has 0 bridgehead atoms. The summed E-state index contributed by atoms with van der Waals surface area (Å²) < 4.78 is 32.6. The largest absolute Gasteiger partial charge is 0.495 e. The number of rotatable bonds is 3. The third-order valence-electron chi connectivity index (χ3n) is 2.59. The zero-order valence-electron chi connectivity index (χ0n) is 10.4. The van der Waals surface area contributed by atoms with E-state index in [4.69, 9.17) is 4.74 Å². The molecule has 0 heterocycles. The number of halogens is 3. The number of ether oxygens (including phenoxy) is 1. The van der Waals surface area contributed by atoms with Crippen LogP contribution in [0.5, 0.6) is 5.75 Å². The number of carbonyl (C=O) groups is 1. The van der Waals surface area contributed by atoms with Crippen LogP contribution in [-0.4, -0.2) is 13.0 Å². The smallest absolute Gasteiger partial charge is 0.261 e. The van der Waals surface area contributed by atoms with E-state index in [1.165, 1.54) is 7.11 Å². The van der Waals surface area contributed by atoms with Crippen LogP contribution in [0.4, 0.5) is 14.5 Å². The van der Waals surface area contributed by atoms with Crippen LogP contribution in [0, 0.1) is 11.6 Å². The van der Waals surface area contributed by atoms with Gasteiger partial charge in [0, 0.05) is 4.47 Å². The molecule has 104 valence electrons. The molecule has 0 atom stereocenters. The number of nitrogens with one attached hydrogen (secondary N) is 1. The second-order valence-electron chi connectivity index (χ2n) is 3.90. The van der Waals surface area contributed by atoms with Gasteiger partial charge in [0.2, 0.25) is 0 Å². The van der Waals surface area contributed by atoms with Crippen LogP contribution in [0.1, 0.15) is 10.4 Å². The molecule has 1 N–H and O–H groups in total. The minimum Gasteiger partial charge on any atom is -0.495 e. The van der Waals surface area contributed by atoms with Crippen molar-refractivity contribution in [2.24, 2.45) is 0 Å². The maximum absolute atomic E-state index is 13.7. The summed E-state index contributed by atoms with van der Waals surface area (Å²) in [6.45, 7) is 0. The summed E-state index contributed by atoms with van der Waals surface area (Å²) in [4.78, 5) is 12.0. The third kappa shape index (κ3) is 2.96. The predicted molar refractivity (Wildman–Crippen MR) is 75.0 cm³/mol. The second-order valence-corrected chi connectivity index (χ2v) is 4.81. The van der Waals surface area contributed by atoms with E-state index < -0.39 is 23.1 Å². The van der Waals surface area contributed by atoms with Gasteiger partial charge in [0.1, 0.15) is 22.9 Å². The first-order valence-electron chi connectivity index (χ1n) is 5.62. The SMILES string of the molecule is COc1ccccc1NC(=O)c1c(F)cc(Br)cc1F. The van der Waals surface area contributed by atoms with E-state index in [1.807, 2.05) is 0 Å². The molecule has 0 aliphatic heterocycles. The lowest BCUT2D eigenvalue weighted by molar-refractivity contribution is 0.101. The molecule has 1 amide bonds. The molecule has 2 aromatic carbocycles. The number of hydrogen-bond acceptors (Lipinski definition) is 2. The van der Waals surface area contributed by atoms with E-state index in [0.29, 0.717) is 11.4 Å². The molecule has 0 aliphatic carbocycles. The lowest BCUT2D eigenvalue weighted by Gasteiger charge is -2.10. The fourth-order valence-electron chi connectivity index (χ4n) is 1.69. The van der Waals surface area contributed by atoms with E-state index in [-0.39, 0.29) is 4.47 Å². The summed E-state index contributed by atoms with van der Waals surface area (Å²) in [5.74, 6) is -2.36. The number of para-hydroxylation sites is 2. The van der Waals surface area contributed by atoms with Crippen LogP contribution in [-0.2, 0) is 0 Å². The molecule has 20 heavy (non-hydrogen) atoms. The van der Waals surface area contributed by atoms with Gasteiger partial charge in [-0.3, -0.25) is 4.79 Å². The molecule has 0 saturated heterocycles. The maximum Gasteiger partial charge on any atom is 0.261 e. The Hall–Kier alpha value is -1.95. The van der Waals surface area contributed by atoms with Crippen molar-refractivity contribution >= 4 is 27.5 Å². The van der Waals surface area contributed by atoms with Crippen LogP contribution in [0.3, 0.4) is 0 Å². The number of anilines is 1. The van der Waals surface area contributed by atoms with Crippen molar-refractivity contribution in [2.75, 3.05) is 12.4 Å². The van der Waals surface area contributed by atoms with Gasteiger partial charge in [-0.15, -0.1) is 0 Å². The highest BCUT2D eigenvalue weighted by Crippen LogP contribution is 2.25. The fraction of sp³-hybridized carbons (Fsp3) is 0.0714. The first kappa shape index (κ1) is 14.5. The number of amides is 1. The summed E-state index contributed by atoms with van der Waals surface area (Å²) >= 11 is 2.95. The molecular formula is C14H10BrF2NO2. The Morgan fingerprint density at radius 3 is 2.40 bits per heavy atom. The number of hydrogen-bond donors (Lipinski definition) is 1. The third-order valence-corrected chi connectivity index (χ3v) is 3.05. The van der Waals surface area contributed by atoms with Crippen molar-refractivity contribution in [3.8, 4) is 5.75 Å². The molecule has 0 saturated carbocycles. The van der Waals surface area contributed by atoms with Crippen LogP contribution < -0.4 is 10.1 Å². The molecule has 0 fully saturated rings. The Morgan fingerprint density at radius 1 is 1.20 bits per heavy atom. The lowest BCUT2D eigenvalue weighted by Crippen LogP contribution is -2.16. The average molecular weight is 342 g/mol. The molecule has 0 aromatic heterocycles. The minimum atomic E-state index is -0.940. The zero-order chi connectivity index (χ0) is 14.7. The van der Waals surface area contributed by atoms with E-state index in [2.05, 4.69) is 21.2 Å². The van der Waals surface area contributed by atoms with Crippen LogP contribution in [0.15, 0.2) is 40.9 Å². The number of benzene rings is 2. The molecule has 2 aromatic rings. The molecule has 0 spiro atoms. The van der Waals surface area contributed by atoms with Gasteiger partial charge in [0.25, 0.3) is 5.91 Å². The van der Waals surface area contributed by atoms with Crippen LogP contribution in [0.25, 0.3) is 0 Å². The molecule has 0 unspecified atom stereocenters. The topological polar surface area (TPSA) is 38.3 Å². The van der Waals surface area contributed by atoms with E-state index >= 15 is 0 Å². The van der Waals surface area contributed by atoms with Gasteiger partial charge < -0.3 is 10.1 Å². The van der Waals surface area contributed by atoms with Gasteiger partial charge >= 0.3 is 0 Å². The van der Waals surface area contributed by atoms with Gasteiger partial charge in [-0.2, -0.15) is 0 Å². The summed E-state index contributed by atoms with van der Waals surface area (Å²) in [7, 11) is 1.44. The van der Waals surface area contributed by atoms with Crippen molar-refractivity contribution in [1.29, 1.82) is 0 Å². The van der Waals surface area contributed by atoms with Crippen LogP contribution >= 0.6 is 15.9 Å². The van der Waals surface area contributed by atoms with Gasteiger partial charge in [0.15, 0.2) is 0 Å². The van der Waals surface area contributed by atoms with E-state index in [1.54, 1.807) is 24.3 Å². The first-order chi connectivity index (χ1) is 9.52. The second kappa shape index (κ2) is 6.00. The van der Waals surface area contributed by atoms with Gasteiger partial charge in [0.05, 0.1) is 12.8 Å². The molecule has 0 radical (unpaired) electrons. The molecule has 6 heteroatoms. The van der Waals surface area contributed by atoms with Crippen molar-refractivity contribution in [3.63, 3.8) is 0 Å². The highest BCUT2D eigenvalue weighted by molar-refractivity contribution is 9.10. The van der Waals surface area contributed by atoms with Gasteiger partial charge in [-0.05, 0) is 24.3 Å². The Morgan fingerprint density at radius 2 is 1.80 bits per heavy atom. The molecule has 0 aliphatic rings. The Balaban J connectivity index is 2.34. The quantitative estimate of drug-likeness (QED) is 0.916. The Bertz CT molecular complexity index is 638. The monoisotopic (exact) mass is 341 g/mol. The summed E-state index contributed by atoms with van der Waals surface area (Å²) in [5, 5.41) is 2.42. The zero-order valence-corrected chi connectivity index (χ0v) is 12.0. The maximum atomic E-state index is 13.7.